The molecule has 1 heterocycles. The lowest BCUT2D eigenvalue weighted by atomic mass is 9.82. The van der Waals surface area contributed by atoms with Crippen molar-refractivity contribution in [2.75, 3.05) is 13.1 Å². The van der Waals surface area contributed by atoms with Crippen molar-refractivity contribution < 1.29 is 4.79 Å². The summed E-state index contributed by atoms with van der Waals surface area (Å²) in [5, 5.41) is 12.5. The second-order valence-corrected chi connectivity index (χ2v) is 6.26. The van der Waals surface area contributed by atoms with Crippen LogP contribution in [-0.2, 0) is 0 Å². The first-order valence-corrected chi connectivity index (χ1v) is 6.69. The fourth-order valence-corrected chi connectivity index (χ4v) is 2.49. The third kappa shape index (κ3) is 2.76. The smallest absolute Gasteiger partial charge is 0.216 e. The van der Waals surface area contributed by atoms with E-state index in [9.17, 15) is 10.0 Å². The first-order chi connectivity index (χ1) is 8.32. The fraction of sp³-hybridized carbons (Fsp3) is 0.500. The molecule has 0 N–H and O–H groups in total. The average Bonchev–Trinajstić information content (AvgIpc) is 2.34. The van der Waals surface area contributed by atoms with Crippen LogP contribution in [0.2, 0.25) is 0 Å². The zero-order valence-electron chi connectivity index (χ0n) is 10.8. The summed E-state index contributed by atoms with van der Waals surface area (Å²) >= 11 is 3.77. The molecule has 2 rings (SSSR count). The van der Waals surface area contributed by atoms with Crippen molar-refractivity contribution in [3.63, 3.8) is 0 Å². The van der Waals surface area contributed by atoms with Gasteiger partial charge >= 0.3 is 0 Å². The number of carbonyl (C=O) groups is 1. The van der Waals surface area contributed by atoms with Crippen molar-refractivity contribution >= 4 is 23.4 Å². The Labute approximate surface area is 113 Å². The maximum Gasteiger partial charge on any atom is 0.216 e. The Morgan fingerprint density at radius 1 is 1.22 bits per heavy atom. The Hall–Kier alpha value is -0.840. The highest BCUT2D eigenvalue weighted by atomic mass is 32.1. The first kappa shape index (κ1) is 13.6. The highest BCUT2D eigenvalue weighted by Crippen LogP contribution is 2.36. The molecular weight excluding hydrogens is 246 g/mol. The second-order valence-electron chi connectivity index (χ2n) is 5.85. The second kappa shape index (κ2) is 4.68. The number of hydroxylamine groups is 2. The summed E-state index contributed by atoms with van der Waals surface area (Å²) in [6.07, 6.45) is 1.87. The Kier molecular flexibility index (Phi) is 3.54. The quantitative estimate of drug-likeness (QED) is 0.506. The van der Waals surface area contributed by atoms with Gasteiger partial charge in [-0.25, -0.2) is 0 Å². The number of hydrogen-bond acceptors (Lipinski definition) is 2. The van der Waals surface area contributed by atoms with Crippen molar-refractivity contribution in [2.24, 2.45) is 5.41 Å². The lowest BCUT2D eigenvalue weighted by Gasteiger charge is -2.49. The molecule has 0 atom stereocenters. The lowest BCUT2D eigenvalue weighted by Crippen LogP contribution is -2.51. The van der Waals surface area contributed by atoms with Crippen molar-refractivity contribution in [3.8, 4) is 0 Å². The van der Waals surface area contributed by atoms with Gasteiger partial charge in [-0.2, -0.15) is 0 Å². The monoisotopic (exact) mass is 265 g/mol. The van der Waals surface area contributed by atoms with Crippen LogP contribution in [0.3, 0.4) is 0 Å². The third-order valence-electron chi connectivity index (χ3n) is 3.88. The van der Waals surface area contributed by atoms with Crippen LogP contribution in [0, 0.1) is 10.6 Å². The molecule has 4 heteroatoms. The maximum absolute atomic E-state index is 12.7. The largest absolute Gasteiger partial charge is 0.627 e. The van der Waals surface area contributed by atoms with Crippen molar-refractivity contribution in [1.82, 2.24) is 4.65 Å². The van der Waals surface area contributed by atoms with Gasteiger partial charge in [0.1, 0.15) is 5.69 Å². The van der Waals surface area contributed by atoms with Crippen molar-refractivity contribution in [1.29, 1.82) is 0 Å². The van der Waals surface area contributed by atoms with Gasteiger partial charge in [0.25, 0.3) is 0 Å². The molecule has 18 heavy (non-hydrogen) atoms. The molecule has 0 aliphatic carbocycles. The van der Waals surface area contributed by atoms with Crippen molar-refractivity contribution in [3.05, 3.63) is 35.0 Å². The van der Waals surface area contributed by atoms with Crippen molar-refractivity contribution in [2.45, 2.75) is 26.7 Å². The van der Waals surface area contributed by atoms with Gasteiger partial charge in [0, 0.05) is 30.5 Å². The molecule has 0 spiro atoms. The minimum Gasteiger partial charge on any atom is -0.627 e. The predicted molar refractivity (Wildman–Crippen MR) is 77.7 cm³/mol. The fourth-order valence-electron chi connectivity index (χ4n) is 2.34. The molecule has 0 aromatic heterocycles. The van der Waals surface area contributed by atoms with Crippen LogP contribution < -0.4 is 4.65 Å². The molecular formula is C14H19NO2S. The van der Waals surface area contributed by atoms with Crippen LogP contribution in [0.15, 0.2) is 24.3 Å². The minimum atomic E-state index is -0.273. The first-order valence-electron chi connectivity index (χ1n) is 6.24. The van der Waals surface area contributed by atoms with Gasteiger partial charge < -0.3 is 9.85 Å². The summed E-state index contributed by atoms with van der Waals surface area (Å²) in [5.41, 5.74) is 1.54. The van der Waals surface area contributed by atoms with E-state index in [4.69, 9.17) is 0 Å². The molecule has 0 unspecified atom stereocenters. The molecule has 0 amide bonds. The standard InChI is InChI=1S/C14H19NO2S/c1-14(2)7-9-15(17,10-8-14)12-5-3-11(4-6-12)13(16)18/h3-6H,7-10H2,1-2H3,(H,16,18). The van der Waals surface area contributed by atoms with E-state index in [1.165, 1.54) is 0 Å². The SMILES string of the molecule is CC1(C)CC[N+]([O-])(c2ccc(C(=O)S)cc2)CC1. The normalized spacial score (nSPS) is 21.6. The van der Waals surface area contributed by atoms with E-state index in [1.807, 2.05) is 0 Å². The number of carbonyl (C=O) groups excluding carboxylic acids is 1. The Balaban J connectivity index is 2.18. The summed E-state index contributed by atoms with van der Waals surface area (Å²) in [4.78, 5) is 11.1. The zero-order valence-corrected chi connectivity index (χ0v) is 11.7. The van der Waals surface area contributed by atoms with Crippen LogP contribution >= 0.6 is 12.6 Å². The van der Waals surface area contributed by atoms with Gasteiger partial charge in [-0.1, -0.05) is 13.8 Å². The van der Waals surface area contributed by atoms with Gasteiger partial charge in [0.2, 0.25) is 5.12 Å². The topological polar surface area (TPSA) is 40.1 Å². The number of rotatable bonds is 2. The number of nitrogens with zero attached hydrogens (tertiary/aromatic N) is 1. The van der Waals surface area contributed by atoms with Gasteiger partial charge in [0.15, 0.2) is 0 Å². The molecule has 0 radical (unpaired) electrons. The summed E-state index contributed by atoms with van der Waals surface area (Å²) in [6, 6.07) is 6.88. The van der Waals surface area contributed by atoms with E-state index in [-0.39, 0.29) is 15.2 Å². The molecule has 1 saturated heterocycles. The number of thiol groups is 1. The average molecular weight is 265 g/mol. The van der Waals surface area contributed by atoms with Crippen LogP contribution in [-0.4, -0.2) is 18.2 Å². The van der Waals surface area contributed by atoms with Crippen LogP contribution in [0.5, 0.6) is 0 Å². The Morgan fingerprint density at radius 3 is 2.17 bits per heavy atom. The predicted octanol–water partition coefficient (Wildman–Crippen LogP) is 3.38. The Morgan fingerprint density at radius 2 is 1.72 bits per heavy atom. The van der Waals surface area contributed by atoms with E-state index in [0.29, 0.717) is 18.7 Å². The van der Waals surface area contributed by atoms with E-state index in [1.54, 1.807) is 24.3 Å². The molecule has 1 fully saturated rings. The molecule has 1 aromatic rings. The molecule has 3 nitrogen and oxygen atoms in total. The Bertz CT molecular complexity index is 443. The third-order valence-corrected chi connectivity index (χ3v) is 4.14. The zero-order chi connectivity index (χ0) is 13.4. The lowest BCUT2D eigenvalue weighted by molar-refractivity contribution is 0.109. The van der Waals surface area contributed by atoms with E-state index in [0.717, 1.165) is 18.5 Å². The molecule has 1 aliphatic rings. The highest BCUT2D eigenvalue weighted by molar-refractivity contribution is 7.97. The maximum atomic E-state index is 12.7. The number of quaternary nitrogens is 1. The molecule has 1 aromatic carbocycles. The molecule has 1 aliphatic heterocycles. The van der Waals surface area contributed by atoms with Gasteiger partial charge in [-0.05, 0) is 17.5 Å². The number of benzene rings is 1. The van der Waals surface area contributed by atoms with Crippen LogP contribution in [0.4, 0.5) is 5.69 Å². The van der Waals surface area contributed by atoms with Gasteiger partial charge in [-0.3, -0.25) is 4.79 Å². The van der Waals surface area contributed by atoms with Gasteiger partial charge in [0.05, 0.1) is 13.1 Å². The van der Waals surface area contributed by atoms with E-state index >= 15 is 0 Å². The molecule has 98 valence electrons. The van der Waals surface area contributed by atoms with Crippen LogP contribution in [0.25, 0.3) is 0 Å². The van der Waals surface area contributed by atoms with Gasteiger partial charge in [-0.15, -0.1) is 12.6 Å². The van der Waals surface area contributed by atoms with E-state index in [2.05, 4.69) is 26.5 Å². The summed E-state index contributed by atoms with van der Waals surface area (Å²) in [7, 11) is 0. The summed E-state index contributed by atoms with van der Waals surface area (Å²) < 4.78 is -0.273. The number of piperidine rings is 1. The molecule has 0 saturated carbocycles. The molecule has 0 bridgehead atoms. The summed E-state index contributed by atoms with van der Waals surface area (Å²) in [6.45, 7) is 5.64. The van der Waals surface area contributed by atoms with Crippen LogP contribution in [0.1, 0.15) is 37.0 Å². The van der Waals surface area contributed by atoms with E-state index < -0.39 is 0 Å². The minimum absolute atomic E-state index is 0.265. The number of hydrogen-bond donors (Lipinski definition) is 1. The summed E-state index contributed by atoms with van der Waals surface area (Å²) in [5.74, 6) is 0. The highest BCUT2D eigenvalue weighted by Gasteiger charge is 2.33.